The Morgan fingerprint density at radius 2 is 2.20 bits per heavy atom. The van der Waals surface area contributed by atoms with Crippen LogP contribution in [0.2, 0.25) is 0 Å². The van der Waals surface area contributed by atoms with Crippen LogP contribution in [0.1, 0.15) is 28.6 Å². The highest BCUT2D eigenvalue weighted by molar-refractivity contribution is 5.80. The summed E-state index contributed by atoms with van der Waals surface area (Å²) in [5, 5.41) is 3.11. The van der Waals surface area contributed by atoms with Crippen molar-refractivity contribution in [3.63, 3.8) is 0 Å². The molecule has 0 saturated heterocycles. The SMILES string of the molecule is CCNCCC(=O)C(C)C.[HH]. The topological polar surface area (TPSA) is 29.1 Å². The molecule has 62 valence electrons. The van der Waals surface area contributed by atoms with E-state index in [9.17, 15) is 4.79 Å². The Hall–Kier alpha value is -0.370. The normalized spacial score (nSPS) is 10.4. The Kier molecular flexibility index (Phi) is 5.22. The van der Waals surface area contributed by atoms with Crippen LogP contribution >= 0.6 is 0 Å². The van der Waals surface area contributed by atoms with Crippen LogP contribution in [-0.4, -0.2) is 18.9 Å². The van der Waals surface area contributed by atoms with Gasteiger partial charge >= 0.3 is 0 Å². The minimum atomic E-state index is 0. The van der Waals surface area contributed by atoms with Crippen molar-refractivity contribution in [2.24, 2.45) is 5.92 Å². The van der Waals surface area contributed by atoms with Crippen molar-refractivity contribution in [1.82, 2.24) is 5.32 Å². The molecule has 0 fully saturated rings. The minimum Gasteiger partial charge on any atom is -0.317 e. The van der Waals surface area contributed by atoms with Crippen LogP contribution in [0.25, 0.3) is 0 Å². The molecule has 0 saturated carbocycles. The van der Waals surface area contributed by atoms with Gasteiger partial charge in [-0.3, -0.25) is 4.79 Å². The number of carbonyl (C=O) groups is 1. The Balaban J connectivity index is 0. The average Bonchev–Trinajstić information content (AvgIpc) is 1.88. The molecule has 0 rings (SSSR count). The van der Waals surface area contributed by atoms with Gasteiger partial charge in [-0.1, -0.05) is 20.8 Å². The maximum atomic E-state index is 11.0. The van der Waals surface area contributed by atoms with Crippen molar-refractivity contribution in [2.75, 3.05) is 13.1 Å². The number of Topliss-reactive ketones (excluding diaryl/α,β-unsaturated/α-hetero) is 1. The number of rotatable bonds is 5. The molecule has 10 heavy (non-hydrogen) atoms. The summed E-state index contributed by atoms with van der Waals surface area (Å²) in [6.45, 7) is 7.70. The van der Waals surface area contributed by atoms with Crippen molar-refractivity contribution < 1.29 is 6.22 Å². The average molecular weight is 145 g/mol. The number of carbonyl (C=O) groups excluding carboxylic acids is 1. The Morgan fingerprint density at radius 1 is 1.60 bits per heavy atom. The quantitative estimate of drug-likeness (QED) is 0.593. The van der Waals surface area contributed by atoms with Crippen LogP contribution in [0.5, 0.6) is 0 Å². The summed E-state index contributed by atoms with van der Waals surface area (Å²) >= 11 is 0. The predicted molar refractivity (Wildman–Crippen MR) is 45.1 cm³/mol. The highest BCUT2D eigenvalue weighted by atomic mass is 16.1. The third-order valence-corrected chi connectivity index (χ3v) is 1.44. The zero-order chi connectivity index (χ0) is 7.98. The van der Waals surface area contributed by atoms with E-state index in [0.29, 0.717) is 12.2 Å². The highest BCUT2D eigenvalue weighted by Gasteiger charge is 2.04. The molecule has 0 spiro atoms. The molecule has 0 unspecified atom stereocenters. The van der Waals surface area contributed by atoms with Gasteiger partial charge in [0.05, 0.1) is 0 Å². The van der Waals surface area contributed by atoms with Gasteiger partial charge in [-0.15, -0.1) is 0 Å². The molecule has 0 bridgehead atoms. The Labute approximate surface area is 64.5 Å². The van der Waals surface area contributed by atoms with Gasteiger partial charge in [0.25, 0.3) is 0 Å². The fraction of sp³-hybridized carbons (Fsp3) is 0.875. The monoisotopic (exact) mass is 145 g/mol. The van der Waals surface area contributed by atoms with Crippen LogP contribution in [0.4, 0.5) is 0 Å². The van der Waals surface area contributed by atoms with E-state index in [1.54, 1.807) is 0 Å². The van der Waals surface area contributed by atoms with Crippen LogP contribution < -0.4 is 5.32 Å². The Morgan fingerprint density at radius 3 is 2.60 bits per heavy atom. The standard InChI is InChI=1S/C8H17NO.H2/c1-4-9-6-5-8(10)7(2)3;/h7,9H,4-6H2,1-3H3;1H. The molecule has 0 radical (unpaired) electrons. The third-order valence-electron chi connectivity index (χ3n) is 1.44. The fourth-order valence-electron chi connectivity index (χ4n) is 0.677. The van der Waals surface area contributed by atoms with E-state index in [-0.39, 0.29) is 7.34 Å². The van der Waals surface area contributed by atoms with Gasteiger partial charge in [-0.2, -0.15) is 0 Å². The number of nitrogens with one attached hydrogen (secondary N) is 1. The first-order valence-electron chi connectivity index (χ1n) is 3.92. The molecule has 0 heterocycles. The summed E-state index contributed by atoms with van der Waals surface area (Å²) in [4.78, 5) is 11.0. The lowest BCUT2D eigenvalue weighted by Gasteiger charge is -2.03. The first-order chi connectivity index (χ1) is 4.68. The first-order valence-corrected chi connectivity index (χ1v) is 3.92. The summed E-state index contributed by atoms with van der Waals surface area (Å²) in [5.41, 5.74) is 0. The molecule has 0 amide bonds. The summed E-state index contributed by atoms with van der Waals surface area (Å²) in [5.74, 6) is 0.541. The van der Waals surface area contributed by atoms with Crippen molar-refractivity contribution in [3.05, 3.63) is 0 Å². The highest BCUT2D eigenvalue weighted by Crippen LogP contribution is 1.96. The second kappa shape index (κ2) is 5.42. The molecule has 2 nitrogen and oxygen atoms in total. The van der Waals surface area contributed by atoms with E-state index in [1.807, 2.05) is 20.8 Å². The van der Waals surface area contributed by atoms with Gasteiger partial charge in [0.2, 0.25) is 0 Å². The van der Waals surface area contributed by atoms with Crippen LogP contribution in [0, 0.1) is 5.92 Å². The molecular weight excluding hydrogens is 126 g/mol. The van der Waals surface area contributed by atoms with E-state index in [4.69, 9.17) is 0 Å². The van der Waals surface area contributed by atoms with Crippen molar-refractivity contribution in [2.45, 2.75) is 27.2 Å². The maximum absolute atomic E-state index is 11.0. The molecule has 0 aromatic carbocycles. The molecular formula is C8H19NO. The van der Waals surface area contributed by atoms with E-state index in [0.717, 1.165) is 13.1 Å². The molecule has 0 aliphatic carbocycles. The lowest BCUT2D eigenvalue weighted by Crippen LogP contribution is -2.19. The van der Waals surface area contributed by atoms with Crippen molar-refractivity contribution in [3.8, 4) is 0 Å². The lowest BCUT2D eigenvalue weighted by atomic mass is 10.1. The number of ketones is 1. The van der Waals surface area contributed by atoms with E-state index in [2.05, 4.69) is 5.32 Å². The first kappa shape index (κ1) is 9.63. The van der Waals surface area contributed by atoms with Gasteiger partial charge in [-0.25, -0.2) is 0 Å². The number of hydrogen-bond donors (Lipinski definition) is 1. The minimum absolute atomic E-state index is 0. The lowest BCUT2D eigenvalue weighted by molar-refractivity contribution is -0.121. The van der Waals surface area contributed by atoms with E-state index in [1.165, 1.54) is 0 Å². The van der Waals surface area contributed by atoms with Gasteiger partial charge in [0, 0.05) is 20.3 Å². The summed E-state index contributed by atoms with van der Waals surface area (Å²) in [6, 6.07) is 0. The van der Waals surface area contributed by atoms with Gasteiger partial charge in [-0.05, 0) is 6.54 Å². The summed E-state index contributed by atoms with van der Waals surface area (Å²) in [7, 11) is 0. The van der Waals surface area contributed by atoms with E-state index >= 15 is 0 Å². The zero-order valence-corrected chi connectivity index (χ0v) is 7.11. The van der Waals surface area contributed by atoms with Gasteiger partial charge in [0.1, 0.15) is 5.78 Å². The smallest absolute Gasteiger partial charge is 0.136 e. The molecule has 0 atom stereocenters. The third kappa shape index (κ3) is 4.50. The molecule has 0 aromatic rings. The summed E-state index contributed by atoms with van der Waals surface area (Å²) in [6.07, 6.45) is 0.672. The summed E-state index contributed by atoms with van der Waals surface area (Å²) < 4.78 is 0. The molecule has 1 N–H and O–H groups in total. The molecule has 0 aromatic heterocycles. The van der Waals surface area contributed by atoms with Crippen LogP contribution in [-0.2, 0) is 4.79 Å². The largest absolute Gasteiger partial charge is 0.317 e. The van der Waals surface area contributed by atoms with Crippen molar-refractivity contribution in [1.29, 1.82) is 0 Å². The Bertz CT molecular complexity index is 104. The van der Waals surface area contributed by atoms with Crippen LogP contribution in [0.15, 0.2) is 0 Å². The number of hydrogen-bond acceptors (Lipinski definition) is 2. The predicted octanol–water partition coefficient (Wildman–Crippen LogP) is 1.46. The molecule has 2 heteroatoms. The van der Waals surface area contributed by atoms with E-state index < -0.39 is 0 Å². The second-order valence-corrected chi connectivity index (χ2v) is 2.72. The maximum Gasteiger partial charge on any atom is 0.136 e. The van der Waals surface area contributed by atoms with Crippen LogP contribution in [0.3, 0.4) is 0 Å². The zero-order valence-electron chi connectivity index (χ0n) is 7.11. The second-order valence-electron chi connectivity index (χ2n) is 2.72. The van der Waals surface area contributed by atoms with Gasteiger partial charge < -0.3 is 5.32 Å². The van der Waals surface area contributed by atoms with Gasteiger partial charge in [0.15, 0.2) is 0 Å². The molecule has 0 aliphatic heterocycles. The fourth-order valence-corrected chi connectivity index (χ4v) is 0.677. The van der Waals surface area contributed by atoms with Crippen molar-refractivity contribution >= 4 is 5.78 Å². The molecule has 0 aliphatic rings.